The van der Waals surface area contributed by atoms with Crippen LogP contribution in [0.4, 0.5) is 0 Å². The van der Waals surface area contributed by atoms with E-state index in [4.69, 9.17) is 4.52 Å². The number of pyridine rings is 1. The molecule has 3 aromatic rings. The summed E-state index contributed by atoms with van der Waals surface area (Å²) < 4.78 is 5.07. The molecule has 31 heavy (non-hydrogen) atoms. The minimum absolute atomic E-state index is 0.290. The van der Waals surface area contributed by atoms with Gasteiger partial charge >= 0.3 is 0 Å². The van der Waals surface area contributed by atoms with E-state index in [2.05, 4.69) is 21.0 Å². The zero-order chi connectivity index (χ0) is 21.6. The van der Waals surface area contributed by atoms with E-state index in [0.717, 1.165) is 30.7 Å². The third-order valence-corrected chi connectivity index (χ3v) is 7.33. The molecule has 2 N–H and O–H groups in total. The van der Waals surface area contributed by atoms with Crippen LogP contribution in [-0.4, -0.2) is 22.0 Å². The molecule has 0 spiro atoms. The van der Waals surface area contributed by atoms with E-state index in [1.807, 2.05) is 19.1 Å². The van der Waals surface area contributed by atoms with Crippen LogP contribution in [0, 0.1) is 6.92 Å². The van der Waals surface area contributed by atoms with Crippen molar-refractivity contribution in [2.45, 2.75) is 56.2 Å². The Morgan fingerprint density at radius 1 is 1.13 bits per heavy atom. The molecule has 0 radical (unpaired) electrons. The molecule has 1 aliphatic carbocycles. The average molecular weight is 457 g/mol. The lowest BCUT2D eigenvalue weighted by molar-refractivity contribution is 0.0847. The summed E-state index contributed by atoms with van der Waals surface area (Å²) in [6, 6.07) is 7.20. The highest BCUT2D eigenvalue weighted by Crippen LogP contribution is 2.28. The molecule has 162 valence electrons. The van der Waals surface area contributed by atoms with Gasteiger partial charge in [0.05, 0.1) is 16.1 Å². The number of nitrogens with one attached hydrogen (secondary N) is 2. The first kappa shape index (κ1) is 21.6. The Labute approximate surface area is 189 Å². The van der Waals surface area contributed by atoms with Gasteiger partial charge in [0.2, 0.25) is 0 Å². The van der Waals surface area contributed by atoms with Crippen LogP contribution in [0.1, 0.15) is 67.6 Å². The van der Waals surface area contributed by atoms with Crippen molar-refractivity contribution < 1.29 is 14.1 Å². The molecule has 4 rings (SSSR count). The minimum atomic E-state index is -0.407. The van der Waals surface area contributed by atoms with Crippen molar-refractivity contribution in [2.75, 3.05) is 0 Å². The molecule has 0 aromatic carbocycles. The molecule has 0 bridgehead atoms. The van der Waals surface area contributed by atoms with Gasteiger partial charge in [-0.15, -0.1) is 11.3 Å². The van der Waals surface area contributed by atoms with Crippen LogP contribution >= 0.6 is 23.1 Å². The first-order chi connectivity index (χ1) is 15.1. The Morgan fingerprint density at radius 2 is 1.94 bits per heavy atom. The quantitative estimate of drug-likeness (QED) is 0.434. The molecule has 0 saturated carbocycles. The van der Waals surface area contributed by atoms with Crippen LogP contribution in [-0.2, 0) is 18.6 Å². The number of hydrogen-bond acceptors (Lipinski definition) is 7. The molecule has 0 unspecified atom stereocenters. The molecule has 0 saturated heterocycles. The van der Waals surface area contributed by atoms with Crippen LogP contribution < -0.4 is 10.9 Å². The highest BCUT2D eigenvalue weighted by molar-refractivity contribution is 7.98. The minimum Gasteiger partial charge on any atom is -0.361 e. The number of aromatic nitrogens is 2. The van der Waals surface area contributed by atoms with E-state index in [1.165, 1.54) is 52.8 Å². The number of carbonyl (C=O) groups excluding carboxylic acids is 2. The van der Waals surface area contributed by atoms with Gasteiger partial charge in [0.15, 0.2) is 0 Å². The molecule has 3 heterocycles. The Hall–Kier alpha value is -2.65. The molecule has 0 aliphatic heterocycles. The lowest BCUT2D eigenvalue weighted by Crippen LogP contribution is -2.41. The maximum Gasteiger partial charge on any atom is 0.279 e. The van der Waals surface area contributed by atoms with E-state index in [-0.39, 0.29) is 5.91 Å². The Kier molecular flexibility index (Phi) is 7.03. The Balaban J connectivity index is 1.37. The Morgan fingerprint density at radius 3 is 2.74 bits per heavy atom. The smallest absolute Gasteiger partial charge is 0.279 e. The van der Waals surface area contributed by atoms with Gasteiger partial charge in [-0.25, -0.2) is 4.98 Å². The van der Waals surface area contributed by atoms with Gasteiger partial charge in [-0.1, -0.05) is 29.8 Å². The molecule has 3 aromatic heterocycles. The third kappa shape index (κ3) is 5.54. The number of carbonyl (C=O) groups is 2. The number of hydrogen-bond donors (Lipinski definition) is 2. The average Bonchev–Trinajstić information content (AvgIpc) is 3.36. The van der Waals surface area contributed by atoms with Gasteiger partial charge < -0.3 is 4.52 Å². The van der Waals surface area contributed by atoms with Crippen molar-refractivity contribution >= 4 is 34.9 Å². The van der Waals surface area contributed by atoms with Gasteiger partial charge in [0, 0.05) is 22.9 Å². The molecule has 1 aliphatic rings. The third-order valence-electron chi connectivity index (χ3n) is 5.06. The van der Waals surface area contributed by atoms with Crippen molar-refractivity contribution in [3.8, 4) is 0 Å². The number of hydrazine groups is 1. The van der Waals surface area contributed by atoms with Crippen LogP contribution in [0.25, 0.3) is 0 Å². The first-order valence-corrected chi connectivity index (χ1v) is 12.1. The number of fused-ring (bicyclic) bond motifs is 1. The SMILES string of the molecule is Cc1cc(CSc2ncccc2C(=O)NNC(=O)c2cc3c(s2)CCCCCC3)no1. The van der Waals surface area contributed by atoms with E-state index < -0.39 is 5.91 Å². The number of rotatable bonds is 5. The molecule has 0 fully saturated rings. The van der Waals surface area contributed by atoms with Crippen LogP contribution in [0.15, 0.2) is 40.0 Å². The fourth-order valence-corrected chi connectivity index (χ4v) is 5.53. The van der Waals surface area contributed by atoms with Crippen molar-refractivity contribution in [3.63, 3.8) is 0 Å². The maximum absolute atomic E-state index is 12.7. The lowest BCUT2D eigenvalue weighted by Gasteiger charge is -2.09. The van der Waals surface area contributed by atoms with Crippen molar-refractivity contribution in [2.24, 2.45) is 0 Å². The zero-order valence-electron chi connectivity index (χ0n) is 17.3. The highest BCUT2D eigenvalue weighted by atomic mass is 32.2. The van der Waals surface area contributed by atoms with Crippen molar-refractivity contribution in [1.82, 2.24) is 21.0 Å². The highest BCUT2D eigenvalue weighted by Gasteiger charge is 2.18. The van der Waals surface area contributed by atoms with Crippen LogP contribution in [0.5, 0.6) is 0 Å². The number of thiophene rings is 1. The largest absolute Gasteiger partial charge is 0.361 e. The summed E-state index contributed by atoms with van der Waals surface area (Å²) in [5.74, 6) is 0.567. The van der Waals surface area contributed by atoms with Crippen molar-refractivity contribution in [1.29, 1.82) is 0 Å². The molecule has 7 nitrogen and oxygen atoms in total. The van der Waals surface area contributed by atoms with Gasteiger partial charge in [-0.05, 0) is 56.4 Å². The number of amides is 2. The summed E-state index contributed by atoms with van der Waals surface area (Å²) in [6.45, 7) is 1.83. The maximum atomic E-state index is 12.7. The van der Waals surface area contributed by atoms with E-state index in [0.29, 0.717) is 21.2 Å². The molecule has 2 amide bonds. The molecular formula is C22H24N4O3S2. The number of nitrogens with zero attached hydrogens (tertiary/aromatic N) is 2. The van der Waals surface area contributed by atoms with E-state index in [1.54, 1.807) is 18.3 Å². The van der Waals surface area contributed by atoms with E-state index in [9.17, 15) is 9.59 Å². The summed E-state index contributed by atoms with van der Waals surface area (Å²) in [7, 11) is 0. The second-order valence-corrected chi connectivity index (χ2v) is 9.56. The van der Waals surface area contributed by atoms with Gasteiger partial charge in [0.25, 0.3) is 11.8 Å². The van der Waals surface area contributed by atoms with Crippen LogP contribution in [0.3, 0.4) is 0 Å². The van der Waals surface area contributed by atoms with Crippen LogP contribution in [0.2, 0.25) is 0 Å². The van der Waals surface area contributed by atoms with Gasteiger partial charge in [0.1, 0.15) is 10.8 Å². The standard InChI is InChI=1S/C22H24N4O3S2/c1-14-11-16(26-29-14)13-30-22-17(8-6-10-23-22)20(27)24-25-21(28)19-12-15-7-4-2-3-5-9-18(15)31-19/h6,8,10-12H,2-5,7,9,13H2,1H3,(H,24,27)(H,25,28). The normalized spacial score (nSPS) is 13.7. The summed E-state index contributed by atoms with van der Waals surface area (Å²) in [6.07, 6.45) is 8.50. The first-order valence-electron chi connectivity index (χ1n) is 10.3. The summed E-state index contributed by atoms with van der Waals surface area (Å²) >= 11 is 2.92. The van der Waals surface area contributed by atoms with E-state index >= 15 is 0 Å². The monoisotopic (exact) mass is 456 g/mol. The van der Waals surface area contributed by atoms with Gasteiger partial charge in [-0.2, -0.15) is 0 Å². The molecule has 9 heteroatoms. The topological polar surface area (TPSA) is 97.1 Å². The Bertz CT molecular complexity index is 1050. The number of aryl methyl sites for hydroxylation is 3. The predicted molar refractivity (Wildman–Crippen MR) is 120 cm³/mol. The zero-order valence-corrected chi connectivity index (χ0v) is 18.9. The predicted octanol–water partition coefficient (Wildman–Crippen LogP) is 4.47. The lowest BCUT2D eigenvalue weighted by atomic mass is 10.00. The second-order valence-electron chi connectivity index (χ2n) is 7.46. The van der Waals surface area contributed by atoms with Gasteiger partial charge in [-0.3, -0.25) is 20.4 Å². The number of thioether (sulfide) groups is 1. The summed E-state index contributed by atoms with van der Waals surface area (Å²) in [5, 5.41) is 4.52. The second kappa shape index (κ2) is 10.1. The summed E-state index contributed by atoms with van der Waals surface area (Å²) in [4.78, 5) is 31.5. The fraction of sp³-hybridized carbons (Fsp3) is 0.364. The fourth-order valence-electron chi connectivity index (χ4n) is 3.51. The summed E-state index contributed by atoms with van der Waals surface area (Å²) in [5.41, 5.74) is 7.52. The molecule has 0 atom stereocenters. The van der Waals surface area contributed by atoms with Crippen molar-refractivity contribution in [3.05, 3.63) is 62.8 Å². The molecular weight excluding hydrogens is 432 g/mol.